The maximum absolute atomic E-state index is 5.71. The molecule has 4 heteroatoms. The molecule has 0 aliphatic heterocycles. The van der Waals surface area contributed by atoms with Gasteiger partial charge in [-0.15, -0.1) is 10.2 Å². The van der Waals surface area contributed by atoms with Crippen LogP contribution in [0, 0.1) is 0 Å². The van der Waals surface area contributed by atoms with E-state index in [0.717, 1.165) is 24.4 Å². The number of aryl methyl sites for hydroxylation is 1. The predicted octanol–water partition coefficient (Wildman–Crippen LogP) is 1.48. The minimum absolute atomic E-state index is 0.0823. The molecule has 0 atom stereocenters. The summed E-state index contributed by atoms with van der Waals surface area (Å²) in [6.07, 6.45) is 4.04. The highest BCUT2D eigenvalue weighted by Gasteiger charge is 2.49. The summed E-state index contributed by atoms with van der Waals surface area (Å²) in [7, 11) is 1.99. The van der Waals surface area contributed by atoms with Gasteiger partial charge in [0.05, 0.1) is 5.41 Å². The second-order valence-electron chi connectivity index (χ2n) is 4.47. The third kappa shape index (κ3) is 1.23. The second-order valence-corrected chi connectivity index (χ2v) is 4.47. The Morgan fingerprint density at radius 3 is 2.44 bits per heavy atom. The van der Waals surface area contributed by atoms with Crippen LogP contribution in [0.15, 0.2) is 30.6 Å². The first-order valence-corrected chi connectivity index (χ1v) is 5.43. The predicted molar refractivity (Wildman–Crippen MR) is 61.9 cm³/mol. The van der Waals surface area contributed by atoms with Crippen LogP contribution in [0.2, 0.25) is 0 Å². The molecule has 1 aromatic carbocycles. The van der Waals surface area contributed by atoms with Gasteiger partial charge in [-0.3, -0.25) is 0 Å². The van der Waals surface area contributed by atoms with Crippen LogP contribution >= 0.6 is 0 Å². The van der Waals surface area contributed by atoms with Crippen LogP contribution in [0.1, 0.15) is 24.2 Å². The van der Waals surface area contributed by atoms with Crippen LogP contribution in [0.25, 0.3) is 0 Å². The highest BCUT2D eigenvalue weighted by Crippen LogP contribution is 2.52. The van der Waals surface area contributed by atoms with Crippen LogP contribution in [-0.2, 0) is 12.5 Å². The van der Waals surface area contributed by atoms with E-state index in [2.05, 4.69) is 22.3 Å². The van der Waals surface area contributed by atoms with Crippen LogP contribution < -0.4 is 5.73 Å². The zero-order valence-electron chi connectivity index (χ0n) is 9.22. The molecule has 3 rings (SSSR count). The Hall–Kier alpha value is -1.84. The van der Waals surface area contributed by atoms with Crippen molar-refractivity contribution in [2.45, 2.75) is 18.3 Å². The number of hydrogen-bond donors (Lipinski definition) is 1. The number of anilines is 1. The van der Waals surface area contributed by atoms with E-state index in [1.807, 2.05) is 23.7 Å². The molecule has 0 bridgehead atoms. The van der Waals surface area contributed by atoms with Crippen LogP contribution in [0.5, 0.6) is 0 Å². The maximum atomic E-state index is 5.71. The van der Waals surface area contributed by atoms with Gasteiger partial charge in [0.25, 0.3) is 0 Å². The molecule has 82 valence electrons. The van der Waals surface area contributed by atoms with Gasteiger partial charge in [0.1, 0.15) is 12.2 Å². The molecular formula is C12H14N4. The molecule has 2 N–H and O–H groups in total. The zero-order valence-corrected chi connectivity index (χ0v) is 9.22. The minimum Gasteiger partial charge on any atom is -0.399 e. The fourth-order valence-electron chi connectivity index (χ4n) is 2.29. The van der Waals surface area contributed by atoms with Crippen molar-refractivity contribution >= 4 is 5.69 Å². The van der Waals surface area contributed by atoms with Gasteiger partial charge in [-0.05, 0) is 30.5 Å². The summed E-state index contributed by atoms with van der Waals surface area (Å²) in [5, 5.41) is 8.19. The molecule has 1 fully saturated rings. The van der Waals surface area contributed by atoms with Crippen molar-refractivity contribution in [2.24, 2.45) is 7.05 Å². The van der Waals surface area contributed by atoms with Gasteiger partial charge in [0.2, 0.25) is 0 Å². The topological polar surface area (TPSA) is 56.7 Å². The first-order chi connectivity index (χ1) is 7.72. The number of nitrogens with zero attached hydrogens (tertiary/aromatic N) is 3. The fourth-order valence-corrected chi connectivity index (χ4v) is 2.29. The highest BCUT2D eigenvalue weighted by molar-refractivity contribution is 5.46. The molecule has 4 nitrogen and oxygen atoms in total. The Morgan fingerprint density at radius 1 is 1.25 bits per heavy atom. The molecule has 1 saturated carbocycles. The smallest absolute Gasteiger partial charge is 0.143 e. The summed E-state index contributed by atoms with van der Waals surface area (Å²) in [5.74, 6) is 1.05. The number of benzene rings is 1. The molecule has 0 spiro atoms. The lowest BCUT2D eigenvalue weighted by Crippen LogP contribution is -2.14. The second kappa shape index (κ2) is 3.07. The number of hydrogen-bond acceptors (Lipinski definition) is 3. The van der Waals surface area contributed by atoms with Crippen molar-refractivity contribution in [2.75, 3.05) is 5.73 Å². The van der Waals surface area contributed by atoms with Crippen LogP contribution in [0.4, 0.5) is 5.69 Å². The van der Waals surface area contributed by atoms with Crippen molar-refractivity contribution < 1.29 is 0 Å². The van der Waals surface area contributed by atoms with Crippen molar-refractivity contribution in [3.8, 4) is 0 Å². The van der Waals surface area contributed by atoms with E-state index in [9.17, 15) is 0 Å². The molecule has 1 aliphatic rings. The van der Waals surface area contributed by atoms with Gasteiger partial charge in [-0.2, -0.15) is 0 Å². The lowest BCUT2D eigenvalue weighted by molar-refractivity contribution is 0.692. The van der Waals surface area contributed by atoms with Gasteiger partial charge < -0.3 is 10.3 Å². The Morgan fingerprint density at radius 2 is 1.94 bits per heavy atom. The van der Waals surface area contributed by atoms with Crippen LogP contribution in [0.3, 0.4) is 0 Å². The average Bonchev–Trinajstić information content (AvgIpc) is 2.97. The minimum atomic E-state index is 0.0823. The summed E-state index contributed by atoms with van der Waals surface area (Å²) in [6, 6.07) is 8.09. The van der Waals surface area contributed by atoms with E-state index >= 15 is 0 Å². The number of aromatic nitrogens is 3. The Kier molecular flexibility index (Phi) is 1.80. The highest BCUT2D eigenvalue weighted by atomic mass is 15.3. The average molecular weight is 214 g/mol. The zero-order chi connectivity index (χ0) is 11.2. The standard InChI is InChI=1S/C12H14N4/c1-16-8-14-15-11(16)12(6-7-12)9-2-4-10(13)5-3-9/h2-5,8H,6-7,13H2,1H3. The van der Waals surface area contributed by atoms with Gasteiger partial charge in [0.15, 0.2) is 0 Å². The summed E-state index contributed by atoms with van der Waals surface area (Å²) < 4.78 is 2.00. The molecule has 0 unspecified atom stereocenters. The van der Waals surface area contributed by atoms with E-state index in [1.165, 1.54) is 5.56 Å². The Labute approximate surface area is 94.1 Å². The largest absolute Gasteiger partial charge is 0.399 e. The SMILES string of the molecule is Cn1cnnc1C1(c2ccc(N)cc2)CC1. The van der Waals surface area contributed by atoms with Crippen molar-refractivity contribution in [1.29, 1.82) is 0 Å². The molecular weight excluding hydrogens is 200 g/mol. The third-order valence-corrected chi connectivity index (χ3v) is 3.35. The molecule has 0 saturated heterocycles. The van der Waals surface area contributed by atoms with E-state index in [1.54, 1.807) is 6.33 Å². The van der Waals surface area contributed by atoms with Gasteiger partial charge in [-0.25, -0.2) is 0 Å². The van der Waals surface area contributed by atoms with E-state index in [-0.39, 0.29) is 5.41 Å². The van der Waals surface area contributed by atoms with Crippen molar-refractivity contribution in [3.05, 3.63) is 42.0 Å². The van der Waals surface area contributed by atoms with Gasteiger partial charge in [-0.1, -0.05) is 12.1 Å². The van der Waals surface area contributed by atoms with Crippen molar-refractivity contribution in [3.63, 3.8) is 0 Å². The summed E-state index contributed by atoms with van der Waals surface area (Å²) in [6.45, 7) is 0. The number of rotatable bonds is 2. The number of nitrogens with two attached hydrogens (primary N) is 1. The molecule has 2 aromatic rings. The lowest BCUT2D eigenvalue weighted by Gasteiger charge is -2.14. The van der Waals surface area contributed by atoms with Crippen LogP contribution in [-0.4, -0.2) is 14.8 Å². The summed E-state index contributed by atoms with van der Waals surface area (Å²) in [5.41, 5.74) is 7.88. The van der Waals surface area contributed by atoms with E-state index < -0.39 is 0 Å². The van der Waals surface area contributed by atoms with Crippen molar-refractivity contribution in [1.82, 2.24) is 14.8 Å². The van der Waals surface area contributed by atoms with E-state index in [0.29, 0.717) is 0 Å². The molecule has 0 radical (unpaired) electrons. The lowest BCUT2D eigenvalue weighted by atomic mass is 9.95. The monoisotopic (exact) mass is 214 g/mol. The normalized spacial score (nSPS) is 17.3. The molecule has 0 amide bonds. The molecule has 1 aromatic heterocycles. The third-order valence-electron chi connectivity index (χ3n) is 3.35. The van der Waals surface area contributed by atoms with Gasteiger partial charge in [0, 0.05) is 12.7 Å². The Balaban J connectivity index is 2.06. The first kappa shape index (κ1) is 9.39. The van der Waals surface area contributed by atoms with Gasteiger partial charge >= 0.3 is 0 Å². The first-order valence-electron chi connectivity index (χ1n) is 5.43. The number of nitrogen functional groups attached to an aromatic ring is 1. The molecule has 1 heterocycles. The molecule has 16 heavy (non-hydrogen) atoms. The molecule has 1 aliphatic carbocycles. The quantitative estimate of drug-likeness (QED) is 0.770. The fraction of sp³-hybridized carbons (Fsp3) is 0.333. The Bertz CT molecular complexity index is 508. The summed E-state index contributed by atoms with van der Waals surface area (Å²) >= 11 is 0. The maximum Gasteiger partial charge on any atom is 0.143 e. The summed E-state index contributed by atoms with van der Waals surface area (Å²) in [4.78, 5) is 0. The van der Waals surface area contributed by atoms with E-state index in [4.69, 9.17) is 5.73 Å².